The number of Topliss-reactive ketones (excluding diaryl/α,β-unsaturated/α-hetero) is 1. The average molecular weight is 195 g/mol. The molecule has 2 aliphatic carbocycles. The first-order valence-electron chi connectivity index (χ1n) is 6.04. The first kappa shape index (κ1) is 10.2. The Morgan fingerprint density at radius 1 is 1.21 bits per heavy atom. The summed E-state index contributed by atoms with van der Waals surface area (Å²) in [6, 6.07) is 0. The summed E-state index contributed by atoms with van der Waals surface area (Å²) in [6.07, 6.45) is 8.18. The Labute approximate surface area is 86.2 Å². The first-order valence-corrected chi connectivity index (χ1v) is 6.04. The number of nitrogens with two attached hydrogens (primary N) is 1. The third-order valence-electron chi connectivity index (χ3n) is 3.87. The van der Waals surface area contributed by atoms with Gasteiger partial charge in [-0.1, -0.05) is 19.3 Å². The minimum atomic E-state index is 0.318. The highest BCUT2D eigenvalue weighted by molar-refractivity contribution is 5.81. The lowest BCUT2D eigenvalue weighted by atomic mass is 9.89. The van der Waals surface area contributed by atoms with Crippen molar-refractivity contribution in [2.75, 3.05) is 6.54 Å². The fourth-order valence-electron chi connectivity index (χ4n) is 2.68. The maximum absolute atomic E-state index is 11.9. The van der Waals surface area contributed by atoms with Gasteiger partial charge >= 0.3 is 0 Å². The van der Waals surface area contributed by atoms with Gasteiger partial charge in [-0.05, 0) is 37.6 Å². The second-order valence-corrected chi connectivity index (χ2v) is 4.98. The molecular weight excluding hydrogens is 174 g/mol. The van der Waals surface area contributed by atoms with E-state index >= 15 is 0 Å². The molecule has 80 valence electrons. The van der Waals surface area contributed by atoms with Gasteiger partial charge in [0.1, 0.15) is 5.78 Å². The van der Waals surface area contributed by atoms with Crippen LogP contribution in [0, 0.1) is 17.8 Å². The Morgan fingerprint density at radius 2 is 2.00 bits per heavy atom. The van der Waals surface area contributed by atoms with Crippen molar-refractivity contribution >= 4 is 5.78 Å². The Balaban J connectivity index is 1.76. The Morgan fingerprint density at radius 3 is 2.64 bits per heavy atom. The standard InChI is InChI=1S/C12H21NO/c13-8-10-2-1-3-11(10)12(14)7-6-9-4-5-9/h9-11H,1-8,13H2. The van der Waals surface area contributed by atoms with Crippen LogP contribution in [0.4, 0.5) is 0 Å². The lowest BCUT2D eigenvalue weighted by molar-refractivity contribution is -0.124. The van der Waals surface area contributed by atoms with Gasteiger partial charge in [0.05, 0.1) is 0 Å². The van der Waals surface area contributed by atoms with Crippen molar-refractivity contribution in [1.29, 1.82) is 0 Å². The predicted molar refractivity (Wildman–Crippen MR) is 56.9 cm³/mol. The van der Waals surface area contributed by atoms with Crippen LogP contribution < -0.4 is 5.73 Å². The molecule has 0 aromatic carbocycles. The van der Waals surface area contributed by atoms with Gasteiger partial charge in [0, 0.05) is 12.3 Å². The van der Waals surface area contributed by atoms with Crippen LogP contribution in [0.5, 0.6) is 0 Å². The Kier molecular flexibility index (Phi) is 3.22. The smallest absolute Gasteiger partial charge is 0.136 e. The molecule has 2 atom stereocenters. The zero-order valence-electron chi connectivity index (χ0n) is 8.87. The van der Waals surface area contributed by atoms with Crippen molar-refractivity contribution < 1.29 is 4.79 Å². The van der Waals surface area contributed by atoms with Crippen molar-refractivity contribution in [2.24, 2.45) is 23.5 Å². The van der Waals surface area contributed by atoms with Gasteiger partial charge in [0.2, 0.25) is 0 Å². The Bertz CT molecular complexity index is 210. The molecule has 0 bridgehead atoms. The van der Waals surface area contributed by atoms with E-state index in [0.29, 0.717) is 24.2 Å². The fourth-order valence-corrected chi connectivity index (χ4v) is 2.68. The van der Waals surface area contributed by atoms with Gasteiger partial charge in [0.15, 0.2) is 0 Å². The summed E-state index contributed by atoms with van der Waals surface area (Å²) in [4.78, 5) is 11.9. The SMILES string of the molecule is NCC1CCCC1C(=O)CCC1CC1. The zero-order valence-corrected chi connectivity index (χ0v) is 8.87. The van der Waals surface area contributed by atoms with E-state index < -0.39 is 0 Å². The molecule has 0 amide bonds. The molecule has 2 saturated carbocycles. The van der Waals surface area contributed by atoms with Gasteiger partial charge in [0.25, 0.3) is 0 Å². The number of carbonyl (C=O) groups excluding carboxylic acids is 1. The molecule has 2 nitrogen and oxygen atoms in total. The van der Waals surface area contributed by atoms with Crippen LogP contribution in [-0.2, 0) is 4.79 Å². The highest BCUT2D eigenvalue weighted by atomic mass is 16.1. The highest BCUT2D eigenvalue weighted by Crippen LogP contribution is 2.36. The summed E-state index contributed by atoms with van der Waals surface area (Å²) < 4.78 is 0. The molecule has 2 aliphatic rings. The van der Waals surface area contributed by atoms with Gasteiger partial charge in [-0.15, -0.1) is 0 Å². The molecule has 2 heteroatoms. The molecule has 14 heavy (non-hydrogen) atoms. The molecule has 2 fully saturated rings. The van der Waals surface area contributed by atoms with Crippen LogP contribution in [0.1, 0.15) is 44.9 Å². The Hall–Kier alpha value is -0.370. The molecule has 2 rings (SSSR count). The molecule has 0 saturated heterocycles. The van der Waals surface area contributed by atoms with Crippen LogP contribution in [0.2, 0.25) is 0 Å². The van der Waals surface area contributed by atoms with Gasteiger partial charge in [-0.2, -0.15) is 0 Å². The minimum absolute atomic E-state index is 0.318. The van der Waals surface area contributed by atoms with Gasteiger partial charge in [-0.25, -0.2) is 0 Å². The lowest BCUT2D eigenvalue weighted by Crippen LogP contribution is -2.25. The third-order valence-corrected chi connectivity index (χ3v) is 3.87. The predicted octanol–water partition coefficient (Wildman–Crippen LogP) is 2.12. The second-order valence-electron chi connectivity index (χ2n) is 4.98. The summed E-state index contributed by atoms with van der Waals surface area (Å²) in [5.74, 6) is 2.21. The molecular formula is C12H21NO. The van der Waals surface area contributed by atoms with Crippen LogP contribution in [-0.4, -0.2) is 12.3 Å². The van der Waals surface area contributed by atoms with E-state index in [1.807, 2.05) is 0 Å². The van der Waals surface area contributed by atoms with E-state index in [9.17, 15) is 4.79 Å². The largest absolute Gasteiger partial charge is 0.330 e. The summed E-state index contributed by atoms with van der Waals surface area (Å²) >= 11 is 0. The van der Waals surface area contributed by atoms with Crippen LogP contribution in [0.3, 0.4) is 0 Å². The number of rotatable bonds is 5. The zero-order chi connectivity index (χ0) is 9.97. The van der Waals surface area contributed by atoms with Crippen molar-refractivity contribution in [1.82, 2.24) is 0 Å². The summed E-state index contributed by atoms with van der Waals surface area (Å²) in [5.41, 5.74) is 5.68. The molecule has 0 heterocycles. The number of carbonyl (C=O) groups is 1. The first-order chi connectivity index (χ1) is 6.81. The van der Waals surface area contributed by atoms with E-state index in [1.165, 1.54) is 25.7 Å². The third kappa shape index (κ3) is 2.35. The fraction of sp³-hybridized carbons (Fsp3) is 0.917. The lowest BCUT2D eigenvalue weighted by Gasteiger charge is -2.16. The van der Waals surface area contributed by atoms with Crippen molar-refractivity contribution in [3.63, 3.8) is 0 Å². The molecule has 0 aromatic rings. The maximum atomic E-state index is 11.9. The van der Waals surface area contributed by atoms with E-state index in [2.05, 4.69) is 0 Å². The number of ketones is 1. The summed E-state index contributed by atoms with van der Waals surface area (Å²) in [7, 11) is 0. The molecule has 2 N–H and O–H groups in total. The van der Waals surface area contributed by atoms with Crippen LogP contribution in [0.25, 0.3) is 0 Å². The van der Waals surface area contributed by atoms with Crippen molar-refractivity contribution in [3.05, 3.63) is 0 Å². The summed E-state index contributed by atoms with van der Waals surface area (Å²) in [5, 5.41) is 0. The second kappa shape index (κ2) is 4.43. The topological polar surface area (TPSA) is 43.1 Å². The van der Waals surface area contributed by atoms with E-state index in [4.69, 9.17) is 5.73 Å². The van der Waals surface area contributed by atoms with Gasteiger partial charge in [-0.3, -0.25) is 4.79 Å². The molecule has 0 spiro atoms. The summed E-state index contributed by atoms with van der Waals surface area (Å²) in [6.45, 7) is 0.708. The average Bonchev–Trinajstić information content (AvgIpc) is 2.90. The van der Waals surface area contributed by atoms with E-state index in [1.54, 1.807) is 0 Å². The van der Waals surface area contributed by atoms with Crippen molar-refractivity contribution in [3.8, 4) is 0 Å². The normalized spacial score (nSPS) is 32.1. The van der Waals surface area contributed by atoms with Crippen LogP contribution in [0.15, 0.2) is 0 Å². The number of hydrogen-bond acceptors (Lipinski definition) is 2. The van der Waals surface area contributed by atoms with Gasteiger partial charge < -0.3 is 5.73 Å². The molecule has 0 radical (unpaired) electrons. The monoisotopic (exact) mass is 195 g/mol. The number of hydrogen-bond donors (Lipinski definition) is 1. The molecule has 0 aromatic heterocycles. The van der Waals surface area contributed by atoms with Crippen molar-refractivity contribution in [2.45, 2.75) is 44.9 Å². The van der Waals surface area contributed by atoms with E-state index in [-0.39, 0.29) is 0 Å². The highest BCUT2D eigenvalue weighted by Gasteiger charge is 2.32. The quantitative estimate of drug-likeness (QED) is 0.730. The van der Waals surface area contributed by atoms with E-state index in [0.717, 1.165) is 25.2 Å². The van der Waals surface area contributed by atoms with Crippen LogP contribution >= 0.6 is 0 Å². The molecule has 0 aliphatic heterocycles. The molecule has 2 unspecified atom stereocenters. The maximum Gasteiger partial charge on any atom is 0.136 e. The minimum Gasteiger partial charge on any atom is -0.330 e.